The molecule has 0 heterocycles. The molecule has 0 saturated heterocycles. The van der Waals surface area contributed by atoms with Gasteiger partial charge in [0.1, 0.15) is 0 Å². The molecule has 21 heavy (non-hydrogen) atoms. The van der Waals surface area contributed by atoms with Crippen molar-refractivity contribution < 1.29 is 0 Å². The number of hydrogen-bond donors (Lipinski definition) is 2. The van der Waals surface area contributed by atoms with Crippen molar-refractivity contribution in [3.05, 3.63) is 35.9 Å². The van der Waals surface area contributed by atoms with Crippen LogP contribution in [0, 0.1) is 0 Å². The van der Waals surface area contributed by atoms with Gasteiger partial charge < -0.3 is 10.6 Å². The monoisotopic (exact) mass is 286 g/mol. The highest BCUT2D eigenvalue weighted by molar-refractivity contribution is 5.27. The molecule has 2 heteroatoms. The van der Waals surface area contributed by atoms with Crippen LogP contribution in [-0.2, 0) is 0 Å². The van der Waals surface area contributed by atoms with E-state index >= 15 is 0 Å². The molecule has 2 atom stereocenters. The molecule has 0 aliphatic heterocycles. The van der Waals surface area contributed by atoms with E-state index in [2.05, 4.69) is 61.7 Å². The van der Waals surface area contributed by atoms with Crippen LogP contribution in [0.3, 0.4) is 0 Å². The summed E-state index contributed by atoms with van der Waals surface area (Å²) in [6.45, 7) is 6.81. The molecule has 2 N–H and O–H groups in total. The fraction of sp³-hybridized carbons (Fsp3) is 0.684. The Morgan fingerprint density at radius 1 is 0.905 bits per heavy atom. The molecular formula is C19H30N2. The Labute approximate surface area is 129 Å². The van der Waals surface area contributed by atoms with Gasteiger partial charge in [-0.25, -0.2) is 0 Å². The summed E-state index contributed by atoms with van der Waals surface area (Å²) in [5, 5.41) is 7.65. The molecule has 1 aromatic rings. The minimum absolute atomic E-state index is 0.250. The lowest BCUT2D eigenvalue weighted by Crippen LogP contribution is -2.47. The molecule has 3 rings (SSSR count). The molecular weight excluding hydrogens is 256 g/mol. The minimum Gasteiger partial charge on any atom is -0.311 e. The third kappa shape index (κ3) is 4.31. The van der Waals surface area contributed by atoms with Gasteiger partial charge in [-0.3, -0.25) is 0 Å². The van der Waals surface area contributed by atoms with E-state index in [4.69, 9.17) is 0 Å². The van der Waals surface area contributed by atoms with Gasteiger partial charge in [-0.1, -0.05) is 30.3 Å². The van der Waals surface area contributed by atoms with E-state index in [0.29, 0.717) is 6.04 Å². The van der Waals surface area contributed by atoms with Gasteiger partial charge in [-0.05, 0) is 58.4 Å². The highest BCUT2D eigenvalue weighted by Gasteiger charge is 2.39. The zero-order valence-corrected chi connectivity index (χ0v) is 13.7. The van der Waals surface area contributed by atoms with Gasteiger partial charge in [0.15, 0.2) is 0 Å². The van der Waals surface area contributed by atoms with Gasteiger partial charge in [0, 0.05) is 29.6 Å². The van der Waals surface area contributed by atoms with E-state index in [1.54, 1.807) is 0 Å². The summed E-state index contributed by atoms with van der Waals surface area (Å²) >= 11 is 0. The number of hydrogen-bond acceptors (Lipinski definition) is 2. The van der Waals surface area contributed by atoms with Crippen LogP contribution in [0.4, 0.5) is 0 Å². The van der Waals surface area contributed by atoms with Crippen LogP contribution in [0.1, 0.15) is 64.4 Å². The first-order valence-electron chi connectivity index (χ1n) is 8.60. The first-order chi connectivity index (χ1) is 10.0. The maximum Gasteiger partial charge on any atom is 0.0145 e. The van der Waals surface area contributed by atoms with Crippen LogP contribution in [0.15, 0.2) is 30.3 Å². The van der Waals surface area contributed by atoms with Crippen molar-refractivity contribution in [2.24, 2.45) is 0 Å². The maximum atomic E-state index is 3.90. The van der Waals surface area contributed by atoms with E-state index in [1.165, 1.54) is 37.7 Å². The van der Waals surface area contributed by atoms with Crippen molar-refractivity contribution in [3.8, 4) is 0 Å². The zero-order chi connectivity index (χ0) is 14.9. The van der Waals surface area contributed by atoms with Gasteiger partial charge in [0.05, 0.1) is 0 Å². The third-order valence-electron chi connectivity index (χ3n) is 4.83. The summed E-state index contributed by atoms with van der Waals surface area (Å²) in [6, 6.07) is 13.2. The van der Waals surface area contributed by atoms with Crippen molar-refractivity contribution in [1.82, 2.24) is 10.6 Å². The quantitative estimate of drug-likeness (QED) is 0.879. The number of rotatable bonds is 4. The summed E-state index contributed by atoms with van der Waals surface area (Å²) < 4.78 is 0. The number of nitrogens with one attached hydrogen (secondary N) is 2. The third-order valence-corrected chi connectivity index (χ3v) is 4.83. The maximum absolute atomic E-state index is 3.90. The first-order valence-corrected chi connectivity index (χ1v) is 8.60. The van der Waals surface area contributed by atoms with Crippen LogP contribution >= 0.6 is 0 Å². The fourth-order valence-electron chi connectivity index (χ4n) is 3.77. The van der Waals surface area contributed by atoms with Gasteiger partial charge >= 0.3 is 0 Å². The average Bonchev–Trinajstić information content (AvgIpc) is 3.20. The molecule has 2 saturated carbocycles. The second-order valence-corrected chi connectivity index (χ2v) is 7.97. The van der Waals surface area contributed by atoms with E-state index in [9.17, 15) is 0 Å². The van der Waals surface area contributed by atoms with Crippen molar-refractivity contribution in [2.75, 3.05) is 0 Å². The zero-order valence-electron chi connectivity index (χ0n) is 13.7. The normalized spacial score (nSPS) is 32.9. The molecule has 0 spiro atoms. The smallest absolute Gasteiger partial charge is 0.0145 e. The average molecular weight is 286 g/mol. The minimum atomic E-state index is 0.250. The van der Waals surface area contributed by atoms with Crippen molar-refractivity contribution >= 4 is 0 Å². The van der Waals surface area contributed by atoms with Gasteiger partial charge in [-0.2, -0.15) is 0 Å². The summed E-state index contributed by atoms with van der Waals surface area (Å²) in [7, 11) is 0. The molecule has 2 aliphatic carbocycles. The fourth-order valence-corrected chi connectivity index (χ4v) is 3.77. The lowest BCUT2D eigenvalue weighted by atomic mass is 9.89. The molecule has 0 unspecified atom stereocenters. The Morgan fingerprint density at radius 2 is 1.52 bits per heavy atom. The Morgan fingerprint density at radius 3 is 2.14 bits per heavy atom. The molecule has 2 fully saturated rings. The highest BCUT2D eigenvalue weighted by Crippen LogP contribution is 2.41. The second-order valence-electron chi connectivity index (χ2n) is 7.97. The predicted molar refractivity (Wildman–Crippen MR) is 89.7 cm³/mol. The molecule has 2 aliphatic rings. The molecule has 1 aromatic carbocycles. The summed E-state index contributed by atoms with van der Waals surface area (Å²) in [4.78, 5) is 0. The van der Waals surface area contributed by atoms with Crippen LogP contribution < -0.4 is 10.6 Å². The summed E-state index contributed by atoms with van der Waals surface area (Å²) in [6.07, 6.45) is 6.61. The van der Waals surface area contributed by atoms with Crippen LogP contribution in [0.5, 0.6) is 0 Å². The van der Waals surface area contributed by atoms with E-state index in [-0.39, 0.29) is 5.54 Å². The van der Waals surface area contributed by atoms with E-state index in [0.717, 1.165) is 18.0 Å². The lowest BCUT2D eigenvalue weighted by Gasteiger charge is -2.34. The Balaban J connectivity index is 1.41. The molecule has 0 amide bonds. The standard InChI is InChI=1S/C19H30N2/c1-19(2,3)21-16-11-9-15(10-12-16)20-18-13-17(18)14-7-5-4-6-8-14/h4-8,15-18,20-21H,9-13H2,1-3H3/t15-,16+,17-,18+/m0/s1. The molecule has 0 radical (unpaired) electrons. The van der Waals surface area contributed by atoms with Gasteiger partial charge in [0.25, 0.3) is 0 Å². The number of benzene rings is 1. The summed E-state index contributed by atoms with van der Waals surface area (Å²) in [5.74, 6) is 0.761. The molecule has 2 nitrogen and oxygen atoms in total. The molecule has 116 valence electrons. The SMILES string of the molecule is CC(C)(C)N[C@H]1CC[C@@H](N[C@@H]2C[C@H]2c2ccccc2)CC1. The van der Waals surface area contributed by atoms with Crippen molar-refractivity contribution in [2.45, 2.75) is 82.5 Å². The van der Waals surface area contributed by atoms with Crippen LogP contribution in [0.2, 0.25) is 0 Å². The van der Waals surface area contributed by atoms with Gasteiger partial charge in [-0.15, -0.1) is 0 Å². The van der Waals surface area contributed by atoms with Crippen LogP contribution in [-0.4, -0.2) is 23.7 Å². The Hall–Kier alpha value is -0.860. The molecule has 0 aromatic heterocycles. The van der Waals surface area contributed by atoms with E-state index in [1.807, 2.05) is 0 Å². The second kappa shape index (κ2) is 6.10. The first kappa shape index (κ1) is 15.1. The van der Waals surface area contributed by atoms with Crippen molar-refractivity contribution in [1.29, 1.82) is 0 Å². The molecule has 0 bridgehead atoms. The summed E-state index contributed by atoms with van der Waals surface area (Å²) in [5.41, 5.74) is 1.76. The van der Waals surface area contributed by atoms with Crippen molar-refractivity contribution in [3.63, 3.8) is 0 Å². The topological polar surface area (TPSA) is 24.1 Å². The lowest BCUT2D eigenvalue weighted by molar-refractivity contribution is 0.260. The Kier molecular flexibility index (Phi) is 4.37. The van der Waals surface area contributed by atoms with Crippen LogP contribution in [0.25, 0.3) is 0 Å². The van der Waals surface area contributed by atoms with Gasteiger partial charge in [0.2, 0.25) is 0 Å². The highest BCUT2D eigenvalue weighted by atomic mass is 15.0. The van der Waals surface area contributed by atoms with E-state index < -0.39 is 0 Å². The largest absolute Gasteiger partial charge is 0.311 e. The predicted octanol–water partition coefficient (Wildman–Crippen LogP) is 3.83. The Bertz CT molecular complexity index is 440.